The predicted octanol–water partition coefficient (Wildman–Crippen LogP) is 4.39. The standard InChI is InChI=1S/C21H26ClNO4S/c1-5-27-20(24)15-23(14-16-8-6-7-9-19(16)22)28(25,26)18-12-10-17(11-13-18)21(2,3)4/h6-13H,5,14-15H2,1-4H3. The van der Waals surface area contributed by atoms with Crippen molar-refractivity contribution in [3.05, 3.63) is 64.7 Å². The zero-order chi connectivity index (χ0) is 20.9. The van der Waals surface area contributed by atoms with Crippen LogP contribution in [0.3, 0.4) is 0 Å². The van der Waals surface area contributed by atoms with Crippen LogP contribution < -0.4 is 0 Å². The summed E-state index contributed by atoms with van der Waals surface area (Å²) in [4.78, 5) is 12.2. The van der Waals surface area contributed by atoms with E-state index in [0.29, 0.717) is 10.6 Å². The number of hydrogen-bond acceptors (Lipinski definition) is 4. The van der Waals surface area contributed by atoms with Crippen LogP contribution in [0.5, 0.6) is 0 Å². The minimum Gasteiger partial charge on any atom is -0.465 e. The van der Waals surface area contributed by atoms with Gasteiger partial charge < -0.3 is 4.74 Å². The maximum Gasteiger partial charge on any atom is 0.321 e. The summed E-state index contributed by atoms with van der Waals surface area (Å²) in [6, 6.07) is 13.7. The number of carbonyl (C=O) groups is 1. The lowest BCUT2D eigenvalue weighted by Gasteiger charge is -2.23. The second-order valence-electron chi connectivity index (χ2n) is 7.44. The number of carbonyl (C=O) groups excluding carboxylic acids is 1. The van der Waals surface area contributed by atoms with E-state index in [9.17, 15) is 13.2 Å². The van der Waals surface area contributed by atoms with Crippen molar-refractivity contribution >= 4 is 27.6 Å². The van der Waals surface area contributed by atoms with E-state index < -0.39 is 16.0 Å². The minimum atomic E-state index is -3.92. The smallest absolute Gasteiger partial charge is 0.321 e. The van der Waals surface area contributed by atoms with Gasteiger partial charge in [0.25, 0.3) is 0 Å². The normalized spacial score (nSPS) is 12.2. The third-order valence-electron chi connectivity index (χ3n) is 4.27. The van der Waals surface area contributed by atoms with Gasteiger partial charge in [0.2, 0.25) is 10.0 Å². The lowest BCUT2D eigenvalue weighted by Crippen LogP contribution is -2.36. The molecule has 2 aromatic rings. The molecule has 0 aliphatic carbocycles. The molecule has 2 rings (SSSR count). The van der Waals surface area contributed by atoms with Gasteiger partial charge in [0, 0.05) is 11.6 Å². The summed E-state index contributed by atoms with van der Waals surface area (Å²) in [6.07, 6.45) is 0. The molecule has 5 nitrogen and oxygen atoms in total. The number of hydrogen-bond donors (Lipinski definition) is 0. The van der Waals surface area contributed by atoms with E-state index in [1.807, 2.05) is 0 Å². The molecule has 0 radical (unpaired) electrons. The molecule has 7 heteroatoms. The summed E-state index contributed by atoms with van der Waals surface area (Å²) in [7, 11) is -3.92. The van der Waals surface area contributed by atoms with E-state index in [0.717, 1.165) is 9.87 Å². The number of halogens is 1. The first-order valence-corrected chi connectivity index (χ1v) is 10.9. The second-order valence-corrected chi connectivity index (χ2v) is 9.79. The molecular weight excluding hydrogens is 398 g/mol. The molecule has 152 valence electrons. The van der Waals surface area contributed by atoms with Crippen molar-refractivity contribution < 1.29 is 17.9 Å². The molecule has 0 heterocycles. The van der Waals surface area contributed by atoms with Crippen molar-refractivity contribution in [3.63, 3.8) is 0 Å². The predicted molar refractivity (Wildman–Crippen MR) is 111 cm³/mol. The summed E-state index contributed by atoms with van der Waals surface area (Å²) in [5, 5.41) is 0.439. The molecule has 28 heavy (non-hydrogen) atoms. The van der Waals surface area contributed by atoms with Gasteiger partial charge >= 0.3 is 5.97 Å². The second kappa shape index (κ2) is 9.07. The number of nitrogens with zero attached hydrogens (tertiary/aromatic N) is 1. The Morgan fingerprint density at radius 2 is 1.68 bits per heavy atom. The number of sulfonamides is 1. The van der Waals surface area contributed by atoms with Gasteiger partial charge in [-0.05, 0) is 41.7 Å². The van der Waals surface area contributed by atoms with Crippen LogP contribution in [0.2, 0.25) is 5.02 Å². The molecule has 0 aromatic heterocycles. The fraction of sp³-hybridized carbons (Fsp3) is 0.381. The largest absolute Gasteiger partial charge is 0.465 e. The molecular formula is C21H26ClNO4S. The fourth-order valence-electron chi connectivity index (χ4n) is 2.67. The van der Waals surface area contributed by atoms with Crippen LogP contribution in [0, 0.1) is 0 Å². The van der Waals surface area contributed by atoms with Gasteiger partial charge in [-0.1, -0.05) is 62.7 Å². The number of rotatable bonds is 7. The van der Waals surface area contributed by atoms with Gasteiger partial charge in [-0.15, -0.1) is 0 Å². The van der Waals surface area contributed by atoms with Crippen LogP contribution in [0.4, 0.5) is 0 Å². The molecule has 0 N–H and O–H groups in total. The highest BCUT2D eigenvalue weighted by Gasteiger charge is 2.28. The van der Waals surface area contributed by atoms with E-state index in [1.165, 1.54) is 0 Å². The highest BCUT2D eigenvalue weighted by molar-refractivity contribution is 7.89. The quantitative estimate of drug-likeness (QED) is 0.619. The monoisotopic (exact) mass is 423 g/mol. The van der Waals surface area contributed by atoms with Crippen molar-refractivity contribution in [3.8, 4) is 0 Å². The summed E-state index contributed by atoms with van der Waals surface area (Å²) >= 11 is 6.20. The van der Waals surface area contributed by atoms with Crippen LogP contribution in [-0.4, -0.2) is 31.8 Å². The van der Waals surface area contributed by atoms with Gasteiger partial charge in [-0.3, -0.25) is 4.79 Å². The van der Waals surface area contributed by atoms with Gasteiger partial charge in [0.1, 0.15) is 6.54 Å². The fourth-order valence-corrected chi connectivity index (χ4v) is 4.23. The first kappa shape index (κ1) is 22.4. The molecule has 0 spiro atoms. The Labute approximate surface area is 172 Å². The van der Waals surface area contributed by atoms with Gasteiger partial charge in [-0.2, -0.15) is 4.31 Å². The summed E-state index contributed by atoms with van der Waals surface area (Å²) in [5.41, 5.74) is 1.54. The molecule has 0 amide bonds. The Morgan fingerprint density at radius 1 is 1.07 bits per heavy atom. The summed E-state index contributed by atoms with van der Waals surface area (Å²) < 4.78 is 32.5. The van der Waals surface area contributed by atoms with Gasteiger partial charge in [-0.25, -0.2) is 8.42 Å². The molecule has 0 saturated carbocycles. The van der Waals surface area contributed by atoms with Crippen LogP contribution in [0.25, 0.3) is 0 Å². The van der Waals surface area contributed by atoms with Crippen LogP contribution in [0.15, 0.2) is 53.4 Å². The summed E-state index contributed by atoms with van der Waals surface area (Å²) in [5.74, 6) is -0.607. The number of ether oxygens (including phenoxy) is 1. The van der Waals surface area contributed by atoms with E-state index in [1.54, 1.807) is 55.5 Å². The Balaban J connectivity index is 2.39. The maximum atomic E-state index is 13.2. The number of esters is 1. The van der Waals surface area contributed by atoms with Gasteiger partial charge in [0.05, 0.1) is 11.5 Å². The van der Waals surface area contributed by atoms with Crippen molar-refractivity contribution in [2.75, 3.05) is 13.2 Å². The number of benzene rings is 2. The van der Waals surface area contributed by atoms with E-state index >= 15 is 0 Å². The highest BCUT2D eigenvalue weighted by atomic mass is 35.5. The zero-order valence-electron chi connectivity index (χ0n) is 16.6. The Hall–Kier alpha value is -1.89. The molecule has 0 aliphatic rings. The van der Waals surface area contributed by atoms with Crippen molar-refractivity contribution in [1.82, 2.24) is 4.31 Å². The Bertz CT molecular complexity index is 918. The van der Waals surface area contributed by atoms with E-state index in [4.69, 9.17) is 16.3 Å². The third kappa shape index (κ3) is 5.56. The molecule has 0 aliphatic heterocycles. The van der Waals surface area contributed by atoms with Crippen LogP contribution >= 0.6 is 11.6 Å². The molecule has 0 unspecified atom stereocenters. The van der Waals surface area contributed by atoms with E-state index in [-0.39, 0.29) is 30.0 Å². The molecule has 0 atom stereocenters. The van der Waals surface area contributed by atoms with Crippen LogP contribution in [-0.2, 0) is 31.5 Å². The Kier molecular flexibility index (Phi) is 7.26. The van der Waals surface area contributed by atoms with Crippen molar-refractivity contribution in [1.29, 1.82) is 0 Å². The average Bonchev–Trinajstić information content (AvgIpc) is 2.62. The first-order valence-electron chi connectivity index (χ1n) is 9.05. The molecule has 0 saturated heterocycles. The SMILES string of the molecule is CCOC(=O)CN(Cc1ccccc1Cl)S(=O)(=O)c1ccc(C(C)(C)C)cc1. The Morgan fingerprint density at radius 3 is 2.21 bits per heavy atom. The van der Waals surface area contributed by atoms with Gasteiger partial charge in [0.15, 0.2) is 0 Å². The highest BCUT2D eigenvalue weighted by Crippen LogP contribution is 2.26. The molecule has 0 bridgehead atoms. The van der Waals surface area contributed by atoms with E-state index in [2.05, 4.69) is 20.8 Å². The lowest BCUT2D eigenvalue weighted by atomic mass is 9.87. The lowest BCUT2D eigenvalue weighted by molar-refractivity contribution is -0.143. The van der Waals surface area contributed by atoms with Crippen molar-refractivity contribution in [2.24, 2.45) is 0 Å². The van der Waals surface area contributed by atoms with Crippen LogP contribution in [0.1, 0.15) is 38.8 Å². The topological polar surface area (TPSA) is 63.7 Å². The average molecular weight is 424 g/mol. The van der Waals surface area contributed by atoms with Crippen molar-refractivity contribution in [2.45, 2.75) is 44.6 Å². The zero-order valence-corrected chi connectivity index (χ0v) is 18.2. The first-order chi connectivity index (χ1) is 13.1. The third-order valence-corrected chi connectivity index (χ3v) is 6.45. The minimum absolute atomic E-state index is 0.0259. The summed E-state index contributed by atoms with van der Waals surface area (Å²) in [6.45, 7) is 7.61. The maximum absolute atomic E-state index is 13.2. The molecule has 2 aromatic carbocycles. The molecule has 0 fully saturated rings.